The molecule has 2 N–H and O–H groups in total. The van der Waals surface area contributed by atoms with E-state index in [4.69, 9.17) is 10.2 Å². The van der Waals surface area contributed by atoms with Crippen LogP contribution in [0, 0.1) is 5.92 Å². The summed E-state index contributed by atoms with van der Waals surface area (Å²) in [6.07, 6.45) is 1.81. The molecule has 0 radical (unpaired) electrons. The van der Waals surface area contributed by atoms with Crippen LogP contribution in [0.5, 0.6) is 0 Å². The minimum absolute atomic E-state index is 0.00135. The highest BCUT2D eigenvalue weighted by Gasteiger charge is 2.37. The zero-order valence-electron chi connectivity index (χ0n) is 13.5. The van der Waals surface area contributed by atoms with Gasteiger partial charge in [-0.25, -0.2) is 0 Å². The van der Waals surface area contributed by atoms with Crippen LogP contribution in [0.3, 0.4) is 0 Å². The van der Waals surface area contributed by atoms with Gasteiger partial charge in [-0.05, 0) is 17.7 Å². The van der Waals surface area contributed by atoms with Crippen LogP contribution in [-0.4, -0.2) is 35.7 Å². The van der Waals surface area contributed by atoms with Gasteiger partial charge in [-0.15, -0.1) is 0 Å². The maximum Gasteiger partial charge on any atom is 0.289 e. The van der Waals surface area contributed by atoms with Gasteiger partial charge in [-0.3, -0.25) is 14.4 Å². The van der Waals surface area contributed by atoms with Gasteiger partial charge in [0.15, 0.2) is 5.76 Å². The minimum Gasteiger partial charge on any atom is -0.459 e. The molecule has 1 saturated heterocycles. The highest BCUT2D eigenvalue weighted by atomic mass is 16.3. The van der Waals surface area contributed by atoms with Crippen LogP contribution in [0.2, 0.25) is 0 Å². The van der Waals surface area contributed by atoms with Crippen molar-refractivity contribution in [3.8, 4) is 0 Å². The molecular formula is C18H17N3O4. The molecule has 1 aromatic heterocycles. The third-order valence-corrected chi connectivity index (χ3v) is 4.77. The SMILES string of the molecule is NC(=O)C1CN(C(=O)c2occc2CN2C(=O)Cc3ccccc32)C1. The molecule has 2 aliphatic heterocycles. The monoisotopic (exact) mass is 339 g/mol. The van der Waals surface area contributed by atoms with Crippen molar-refractivity contribution in [2.75, 3.05) is 18.0 Å². The van der Waals surface area contributed by atoms with E-state index in [0.29, 0.717) is 25.1 Å². The lowest BCUT2D eigenvalue weighted by atomic mass is 9.99. The highest BCUT2D eigenvalue weighted by molar-refractivity contribution is 6.02. The fourth-order valence-corrected chi connectivity index (χ4v) is 3.28. The summed E-state index contributed by atoms with van der Waals surface area (Å²) in [5, 5.41) is 0. The fourth-order valence-electron chi connectivity index (χ4n) is 3.28. The standard InChI is InChI=1S/C18H17N3O4/c19-17(23)13-8-20(9-13)18(24)16-12(5-6-25-16)10-21-14-4-2-1-3-11(14)7-15(21)22/h1-6,13H,7-10H2,(H2,19,23). The van der Waals surface area contributed by atoms with Crippen LogP contribution in [0.25, 0.3) is 0 Å². The Bertz CT molecular complexity index is 867. The van der Waals surface area contributed by atoms with Crippen LogP contribution >= 0.6 is 0 Å². The summed E-state index contributed by atoms with van der Waals surface area (Å²) in [4.78, 5) is 39.2. The normalized spacial score (nSPS) is 16.7. The van der Waals surface area contributed by atoms with Crippen molar-refractivity contribution in [1.82, 2.24) is 4.90 Å². The number of nitrogens with two attached hydrogens (primary N) is 1. The van der Waals surface area contributed by atoms with E-state index in [0.717, 1.165) is 11.3 Å². The van der Waals surface area contributed by atoms with E-state index in [2.05, 4.69) is 0 Å². The number of nitrogens with zero attached hydrogens (tertiary/aromatic N) is 2. The third-order valence-electron chi connectivity index (χ3n) is 4.77. The van der Waals surface area contributed by atoms with Gasteiger partial charge in [0.25, 0.3) is 5.91 Å². The van der Waals surface area contributed by atoms with Crippen molar-refractivity contribution >= 4 is 23.4 Å². The molecule has 25 heavy (non-hydrogen) atoms. The first-order valence-electron chi connectivity index (χ1n) is 8.08. The Morgan fingerprint density at radius 3 is 2.72 bits per heavy atom. The zero-order chi connectivity index (χ0) is 17.6. The van der Waals surface area contributed by atoms with E-state index >= 15 is 0 Å². The molecule has 3 amide bonds. The number of amides is 3. The summed E-state index contributed by atoms with van der Waals surface area (Å²) in [6.45, 7) is 0.889. The van der Waals surface area contributed by atoms with Gasteiger partial charge in [-0.2, -0.15) is 0 Å². The smallest absolute Gasteiger partial charge is 0.289 e. The van der Waals surface area contributed by atoms with Gasteiger partial charge >= 0.3 is 0 Å². The average molecular weight is 339 g/mol. The molecule has 7 nitrogen and oxygen atoms in total. The molecule has 0 spiro atoms. The maximum absolute atomic E-state index is 12.6. The second-order valence-corrected chi connectivity index (χ2v) is 6.37. The molecule has 7 heteroatoms. The van der Waals surface area contributed by atoms with E-state index in [1.807, 2.05) is 24.3 Å². The van der Waals surface area contributed by atoms with Gasteiger partial charge in [0.05, 0.1) is 25.1 Å². The summed E-state index contributed by atoms with van der Waals surface area (Å²) in [7, 11) is 0. The van der Waals surface area contributed by atoms with Crippen LogP contribution in [-0.2, 0) is 22.6 Å². The van der Waals surface area contributed by atoms with Gasteiger partial charge in [-0.1, -0.05) is 18.2 Å². The summed E-state index contributed by atoms with van der Waals surface area (Å²) >= 11 is 0. The van der Waals surface area contributed by atoms with E-state index in [1.54, 1.807) is 11.0 Å². The number of fused-ring (bicyclic) bond motifs is 1. The molecule has 0 aliphatic carbocycles. The molecule has 2 aromatic rings. The highest BCUT2D eigenvalue weighted by Crippen LogP contribution is 2.31. The van der Waals surface area contributed by atoms with E-state index in [1.165, 1.54) is 11.2 Å². The molecule has 0 saturated carbocycles. The first-order valence-corrected chi connectivity index (χ1v) is 8.08. The first kappa shape index (κ1) is 15.4. The zero-order valence-corrected chi connectivity index (χ0v) is 13.5. The Balaban J connectivity index is 1.52. The molecule has 4 rings (SSSR count). The van der Waals surface area contributed by atoms with Crippen molar-refractivity contribution in [3.63, 3.8) is 0 Å². The second kappa shape index (κ2) is 5.77. The number of anilines is 1. The molecule has 1 fully saturated rings. The fraction of sp³-hybridized carbons (Fsp3) is 0.278. The van der Waals surface area contributed by atoms with Crippen LogP contribution in [0.4, 0.5) is 5.69 Å². The number of carbonyl (C=O) groups excluding carboxylic acids is 3. The second-order valence-electron chi connectivity index (χ2n) is 6.37. The Labute approximate surface area is 144 Å². The van der Waals surface area contributed by atoms with Crippen LogP contribution in [0.1, 0.15) is 21.7 Å². The number of benzene rings is 1. The van der Waals surface area contributed by atoms with Crippen molar-refractivity contribution in [1.29, 1.82) is 0 Å². The Morgan fingerprint density at radius 2 is 1.96 bits per heavy atom. The number of para-hydroxylation sites is 1. The van der Waals surface area contributed by atoms with Crippen molar-refractivity contribution < 1.29 is 18.8 Å². The predicted molar refractivity (Wildman–Crippen MR) is 88.6 cm³/mol. The largest absolute Gasteiger partial charge is 0.459 e. The lowest BCUT2D eigenvalue weighted by molar-refractivity contribution is -0.125. The third kappa shape index (κ3) is 2.57. The molecule has 3 heterocycles. The molecular weight excluding hydrogens is 322 g/mol. The number of likely N-dealkylation sites (tertiary alicyclic amines) is 1. The summed E-state index contributed by atoms with van der Waals surface area (Å²) in [5.41, 5.74) is 7.73. The van der Waals surface area contributed by atoms with Gasteiger partial charge in [0.2, 0.25) is 11.8 Å². The van der Waals surface area contributed by atoms with Crippen molar-refractivity contribution in [2.45, 2.75) is 13.0 Å². The Morgan fingerprint density at radius 1 is 1.20 bits per heavy atom. The number of furan rings is 1. The van der Waals surface area contributed by atoms with Gasteiger partial charge < -0.3 is 20.0 Å². The van der Waals surface area contributed by atoms with E-state index in [9.17, 15) is 14.4 Å². The molecule has 0 atom stereocenters. The lowest BCUT2D eigenvalue weighted by Crippen LogP contribution is -2.54. The molecule has 0 unspecified atom stereocenters. The molecule has 128 valence electrons. The summed E-state index contributed by atoms with van der Waals surface area (Å²) in [6, 6.07) is 9.32. The number of hydrogen-bond acceptors (Lipinski definition) is 4. The van der Waals surface area contributed by atoms with Crippen molar-refractivity contribution in [3.05, 3.63) is 53.5 Å². The van der Waals surface area contributed by atoms with Gasteiger partial charge in [0.1, 0.15) is 0 Å². The Hall–Kier alpha value is -3.09. The minimum atomic E-state index is -0.400. The van der Waals surface area contributed by atoms with E-state index < -0.39 is 5.91 Å². The molecule has 1 aromatic carbocycles. The predicted octanol–water partition coefficient (Wildman–Crippen LogP) is 0.926. The summed E-state index contributed by atoms with van der Waals surface area (Å²) < 4.78 is 5.37. The van der Waals surface area contributed by atoms with Crippen molar-refractivity contribution in [2.24, 2.45) is 11.7 Å². The number of hydrogen-bond donors (Lipinski definition) is 1. The number of primary amides is 1. The van der Waals surface area contributed by atoms with Gasteiger partial charge in [0, 0.05) is 24.3 Å². The number of carbonyl (C=O) groups is 3. The first-order chi connectivity index (χ1) is 12.0. The number of rotatable bonds is 4. The summed E-state index contributed by atoms with van der Waals surface area (Å²) in [5.74, 6) is -0.770. The van der Waals surface area contributed by atoms with Crippen LogP contribution in [0.15, 0.2) is 41.0 Å². The van der Waals surface area contributed by atoms with E-state index in [-0.39, 0.29) is 30.0 Å². The average Bonchev–Trinajstić information content (AvgIpc) is 3.11. The topological polar surface area (TPSA) is 96.8 Å². The molecule has 0 bridgehead atoms. The Kier molecular flexibility index (Phi) is 3.56. The molecule has 2 aliphatic rings. The maximum atomic E-state index is 12.6. The lowest BCUT2D eigenvalue weighted by Gasteiger charge is -2.36. The van der Waals surface area contributed by atoms with Crippen LogP contribution < -0.4 is 10.6 Å². The quantitative estimate of drug-likeness (QED) is 0.896.